The van der Waals surface area contributed by atoms with E-state index < -0.39 is 44.6 Å². The summed E-state index contributed by atoms with van der Waals surface area (Å²) in [6, 6.07) is 15.6. The molecule has 1 fully saturated rings. The third-order valence-electron chi connectivity index (χ3n) is 7.92. The third kappa shape index (κ3) is 6.62. The number of piperidine rings is 1. The molecule has 0 aromatic heterocycles. The van der Waals surface area contributed by atoms with Crippen LogP contribution in [-0.4, -0.2) is 63.1 Å². The normalized spacial score (nSPS) is 17.5. The molecule has 1 unspecified atom stereocenters. The van der Waals surface area contributed by atoms with Crippen LogP contribution in [0.3, 0.4) is 0 Å². The molecule has 0 aliphatic carbocycles. The van der Waals surface area contributed by atoms with E-state index >= 15 is 0 Å². The predicted octanol–water partition coefficient (Wildman–Crippen LogP) is 5.44. The molecule has 44 heavy (non-hydrogen) atoms. The number of hydrogen-bond acceptors (Lipinski definition) is 6. The van der Waals surface area contributed by atoms with Crippen LogP contribution in [-0.2, 0) is 25.8 Å². The quantitative estimate of drug-likeness (QED) is 0.352. The average Bonchev–Trinajstić information content (AvgIpc) is 3.02. The molecular weight excluding hydrogens is 601 g/mol. The number of anilines is 1. The zero-order chi connectivity index (χ0) is 31.6. The van der Waals surface area contributed by atoms with Crippen molar-refractivity contribution in [1.82, 2.24) is 4.90 Å². The maximum Gasteiger partial charge on any atom is 0.416 e. The van der Waals surface area contributed by atoms with E-state index in [2.05, 4.69) is 0 Å². The predicted molar refractivity (Wildman–Crippen MR) is 155 cm³/mol. The lowest BCUT2D eigenvalue weighted by molar-refractivity contribution is -0.145. The standard InChI is InChI=1S/C31H31F3N2O7S/c1-42-24-6-2-4-21(16-24)22-8-10-28-27(17-22)36(44(40,41)26-7-3-5-23(18-26)31(32,33)34)19-25(43-28)9-11-29(37)35-14-12-20(13-15-35)30(38)39/h2-8,10,16-18,20,25H,9,11-15,19H2,1H3,(H,38,39). The first-order valence-corrected chi connectivity index (χ1v) is 15.5. The molecule has 3 aromatic carbocycles. The molecule has 0 spiro atoms. The summed E-state index contributed by atoms with van der Waals surface area (Å²) in [6.45, 7) is 0.391. The fourth-order valence-corrected chi connectivity index (χ4v) is 7.00. The van der Waals surface area contributed by atoms with Gasteiger partial charge in [-0.3, -0.25) is 13.9 Å². The van der Waals surface area contributed by atoms with E-state index in [4.69, 9.17) is 9.47 Å². The van der Waals surface area contributed by atoms with E-state index in [0.717, 1.165) is 28.1 Å². The second-order valence-electron chi connectivity index (χ2n) is 10.7. The first kappa shape index (κ1) is 31.2. The average molecular weight is 633 g/mol. The number of carboxylic acid groups (broad SMARTS) is 1. The number of nitrogens with zero attached hydrogens (tertiary/aromatic N) is 2. The highest BCUT2D eigenvalue weighted by atomic mass is 32.2. The lowest BCUT2D eigenvalue weighted by Crippen LogP contribution is -2.44. The van der Waals surface area contributed by atoms with Crippen molar-refractivity contribution in [1.29, 1.82) is 0 Å². The molecule has 3 aromatic rings. The number of ether oxygens (including phenoxy) is 2. The number of sulfonamides is 1. The van der Waals surface area contributed by atoms with Crippen LogP contribution >= 0.6 is 0 Å². The summed E-state index contributed by atoms with van der Waals surface area (Å²) in [5.74, 6) is -0.791. The van der Waals surface area contributed by atoms with E-state index in [1.54, 1.807) is 41.3 Å². The van der Waals surface area contributed by atoms with Gasteiger partial charge >= 0.3 is 12.1 Å². The number of benzene rings is 3. The van der Waals surface area contributed by atoms with Crippen LogP contribution in [0.15, 0.2) is 71.6 Å². The van der Waals surface area contributed by atoms with E-state index in [9.17, 15) is 36.3 Å². The highest BCUT2D eigenvalue weighted by Crippen LogP contribution is 2.41. The fourth-order valence-electron chi connectivity index (χ4n) is 5.45. The number of alkyl halides is 3. The van der Waals surface area contributed by atoms with Gasteiger partial charge in [-0.05, 0) is 72.9 Å². The molecule has 1 N–H and O–H groups in total. The molecule has 1 atom stereocenters. The first-order valence-electron chi connectivity index (χ1n) is 14.0. The second-order valence-corrected chi connectivity index (χ2v) is 12.6. The number of hydrogen-bond donors (Lipinski definition) is 1. The minimum atomic E-state index is -4.74. The van der Waals surface area contributed by atoms with Gasteiger partial charge in [-0.2, -0.15) is 13.2 Å². The van der Waals surface area contributed by atoms with Crippen molar-refractivity contribution >= 4 is 27.6 Å². The van der Waals surface area contributed by atoms with E-state index in [0.29, 0.717) is 43.3 Å². The number of amides is 1. The smallest absolute Gasteiger partial charge is 0.416 e. The Bertz CT molecular complexity index is 1650. The van der Waals surface area contributed by atoms with Gasteiger partial charge in [-0.15, -0.1) is 0 Å². The Morgan fingerprint density at radius 3 is 2.39 bits per heavy atom. The van der Waals surface area contributed by atoms with Crippen molar-refractivity contribution in [2.24, 2.45) is 5.92 Å². The van der Waals surface area contributed by atoms with Crippen molar-refractivity contribution in [2.75, 3.05) is 31.0 Å². The van der Waals surface area contributed by atoms with Crippen molar-refractivity contribution in [3.05, 3.63) is 72.3 Å². The van der Waals surface area contributed by atoms with E-state index in [1.807, 2.05) is 6.07 Å². The Labute approximate surface area is 252 Å². The lowest BCUT2D eigenvalue weighted by Gasteiger charge is -2.36. The van der Waals surface area contributed by atoms with Crippen molar-refractivity contribution < 1.29 is 45.8 Å². The number of carbonyl (C=O) groups excluding carboxylic acids is 1. The van der Waals surface area contributed by atoms with Gasteiger partial charge in [0.25, 0.3) is 10.0 Å². The molecule has 5 rings (SSSR count). The van der Waals surface area contributed by atoms with E-state index in [-0.39, 0.29) is 36.7 Å². The Kier molecular flexibility index (Phi) is 8.78. The van der Waals surface area contributed by atoms with Crippen LogP contribution in [0.4, 0.5) is 18.9 Å². The minimum absolute atomic E-state index is 0.0249. The molecule has 2 heterocycles. The van der Waals surface area contributed by atoms with Gasteiger partial charge in [0, 0.05) is 19.5 Å². The highest BCUT2D eigenvalue weighted by molar-refractivity contribution is 7.92. The summed E-state index contributed by atoms with van der Waals surface area (Å²) in [7, 11) is -2.98. The molecule has 1 amide bonds. The molecule has 2 aliphatic rings. The Balaban J connectivity index is 1.44. The topological polar surface area (TPSA) is 113 Å². The maximum atomic E-state index is 14.0. The number of aliphatic carboxylic acids is 1. The lowest BCUT2D eigenvalue weighted by atomic mass is 9.97. The number of carbonyl (C=O) groups is 2. The zero-order valence-electron chi connectivity index (χ0n) is 23.8. The summed E-state index contributed by atoms with van der Waals surface area (Å²) < 4.78 is 80.8. The van der Waals surface area contributed by atoms with Gasteiger partial charge in [0.2, 0.25) is 5.91 Å². The zero-order valence-corrected chi connectivity index (χ0v) is 24.6. The molecule has 0 radical (unpaired) electrons. The Morgan fingerprint density at radius 2 is 1.70 bits per heavy atom. The first-order chi connectivity index (χ1) is 20.9. The fraction of sp³-hybridized carbons (Fsp3) is 0.355. The van der Waals surface area contributed by atoms with Gasteiger partial charge in [-0.25, -0.2) is 8.42 Å². The van der Waals surface area contributed by atoms with Gasteiger partial charge in [-0.1, -0.05) is 24.3 Å². The second kappa shape index (κ2) is 12.4. The number of likely N-dealkylation sites (tertiary alicyclic amines) is 1. The number of carboxylic acids is 1. The molecule has 2 aliphatic heterocycles. The number of rotatable bonds is 8. The van der Waals surface area contributed by atoms with Crippen molar-refractivity contribution in [2.45, 2.75) is 42.9 Å². The van der Waals surface area contributed by atoms with Crippen LogP contribution in [0.25, 0.3) is 11.1 Å². The summed E-state index contributed by atoms with van der Waals surface area (Å²) in [5.41, 5.74) is 0.420. The molecule has 0 bridgehead atoms. The highest BCUT2D eigenvalue weighted by Gasteiger charge is 2.37. The summed E-state index contributed by atoms with van der Waals surface area (Å²) >= 11 is 0. The SMILES string of the molecule is COc1cccc(-c2ccc3c(c2)N(S(=O)(=O)c2cccc(C(F)(F)F)c2)CC(CCC(=O)N2CCC(C(=O)O)CC2)O3)c1. The largest absolute Gasteiger partial charge is 0.497 e. The molecule has 13 heteroatoms. The van der Waals surface area contributed by atoms with Crippen molar-refractivity contribution in [3.63, 3.8) is 0 Å². The van der Waals surface area contributed by atoms with Gasteiger partial charge in [0.1, 0.15) is 17.6 Å². The molecule has 0 saturated carbocycles. The van der Waals surface area contributed by atoms with Crippen LogP contribution in [0.2, 0.25) is 0 Å². The Hall–Kier alpha value is -4.26. The number of halogens is 3. The van der Waals surface area contributed by atoms with Crippen LogP contribution < -0.4 is 13.8 Å². The van der Waals surface area contributed by atoms with Crippen molar-refractivity contribution in [3.8, 4) is 22.6 Å². The third-order valence-corrected chi connectivity index (χ3v) is 9.70. The summed E-state index contributed by atoms with van der Waals surface area (Å²) in [5, 5.41) is 9.21. The van der Waals surface area contributed by atoms with Gasteiger partial charge in [0.05, 0.1) is 35.7 Å². The van der Waals surface area contributed by atoms with Crippen LogP contribution in [0.1, 0.15) is 31.2 Å². The number of methoxy groups -OCH3 is 1. The van der Waals surface area contributed by atoms with E-state index in [1.165, 1.54) is 7.11 Å². The van der Waals surface area contributed by atoms with Crippen LogP contribution in [0.5, 0.6) is 11.5 Å². The number of fused-ring (bicyclic) bond motifs is 1. The molecular formula is C31H31F3N2O7S. The van der Waals surface area contributed by atoms with Gasteiger partial charge in [0.15, 0.2) is 0 Å². The maximum absolute atomic E-state index is 14.0. The summed E-state index contributed by atoms with van der Waals surface area (Å²) in [6.07, 6.45) is -4.64. The van der Waals surface area contributed by atoms with Crippen LogP contribution in [0, 0.1) is 5.92 Å². The van der Waals surface area contributed by atoms with Gasteiger partial charge < -0.3 is 19.5 Å². The molecule has 1 saturated heterocycles. The summed E-state index contributed by atoms with van der Waals surface area (Å²) in [4.78, 5) is 25.2. The minimum Gasteiger partial charge on any atom is -0.497 e. The Morgan fingerprint density at radius 1 is 1.00 bits per heavy atom. The molecule has 9 nitrogen and oxygen atoms in total. The molecule has 234 valence electrons. The monoisotopic (exact) mass is 632 g/mol.